The van der Waals surface area contributed by atoms with Crippen molar-refractivity contribution in [2.75, 3.05) is 6.79 Å². The number of sulfonamides is 1. The molecule has 0 amide bonds. The maximum Gasteiger partial charge on any atom is 0.241 e. The lowest BCUT2D eigenvalue weighted by Gasteiger charge is -2.17. The van der Waals surface area contributed by atoms with Gasteiger partial charge in [0, 0.05) is 6.04 Å². The van der Waals surface area contributed by atoms with E-state index in [0.717, 1.165) is 11.1 Å². The molecule has 0 aromatic heterocycles. The van der Waals surface area contributed by atoms with Crippen molar-refractivity contribution < 1.29 is 22.6 Å². The molecule has 0 spiro atoms. The fourth-order valence-corrected chi connectivity index (χ4v) is 4.04. The highest BCUT2D eigenvalue weighted by Crippen LogP contribution is 2.34. The van der Waals surface area contributed by atoms with Crippen LogP contribution in [-0.4, -0.2) is 21.3 Å². The number of hydrogen-bond donors (Lipinski definition) is 1. The lowest BCUT2D eigenvalue weighted by molar-refractivity contribution is 0.174. The van der Waals surface area contributed by atoms with E-state index < -0.39 is 16.1 Å². The van der Waals surface area contributed by atoms with Crippen molar-refractivity contribution in [1.29, 1.82) is 0 Å². The van der Waals surface area contributed by atoms with Crippen molar-refractivity contribution in [3.8, 4) is 17.2 Å². The molecule has 1 aliphatic rings. The zero-order valence-electron chi connectivity index (χ0n) is 15.3. The fraction of sp³-hybridized carbons (Fsp3) is 0.368. The van der Waals surface area contributed by atoms with Gasteiger partial charge in [0.25, 0.3) is 0 Å². The average Bonchev–Trinajstić information content (AvgIpc) is 3.03. The zero-order chi connectivity index (χ0) is 18.9. The molecule has 0 saturated carbocycles. The molecule has 2 aromatic carbocycles. The summed E-state index contributed by atoms with van der Waals surface area (Å²) in [5, 5.41) is 0. The third-order valence-electron chi connectivity index (χ3n) is 4.05. The van der Waals surface area contributed by atoms with E-state index >= 15 is 0 Å². The van der Waals surface area contributed by atoms with Gasteiger partial charge in [-0.25, -0.2) is 13.1 Å². The van der Waals surface area contributed by atoms with Gasteiger partial charge in [0.05, 0.1) is 11.0 Å². The van der Waals surface area contributed by atoms with Gasteiger partial charge in [0.1, 0.15) is 5.75 Å². The summed E-state index contributed by atoms with van der Waals surface area (Å²) < 4.78 is 44.5. The van der Waals surface area contributed by atoms with E-state index in [4.69, 9.17) is 14.2 Å². The molecule has 2 aromatic rings. The van der Waals surface area contributed by atoms with E-state index in [1.54, 1.807) is 37.3 Å². The molecular weight excluding hydrogens is 354 g/mol. The van der Waals surface area contributed by atoms with Crippen LogP contribution in [0.5, 0.6) is 17.2 Å². The molecule has 1 aliphatic heterocycles. The number of ether oxygens (including phenoxy) is 3. The molecule has 3 rings (SSSR count). The lowest BCUT2D eigenvalue weighted by atomic mass is 10.1. The van der Waals surface area contributed by atoms with E-state index in [0.29, 0.717) is 17.2 Å². The molecule has 1 heterocycles. The first kappa shape index (κ1) is 18.5. The smallest absolute Gasteiger partial charge is 0.241 e. The number of rotatable bonds is 6. The van der Waals surface area contributed by atoms with Gasteiger partial charge in [-0.2, -0.15) is 0 Å². The maximum atomic E-state index is 12.7. The Labute approximate surface area is 154 Å². The van der Waals surface area contributed by atoms with E-state index in [1.165, 1.54) is 0 Å². The molecule has 7 heteroatoms. The highest BCUT2D eigenvalue weighted by Gasteiger charge is 2.21. The van der Waals surface area contributed by atoms with Crippen molar-refractivity contribution in [3.05, 3.63) is 47.5 Å². The first-order valence-electron chi connectivity index (χ1n) is 8.45. The number of fused-ring (bicyclic) bond motifs is 1. The van der Waals surface area contributed by atoms with Gasteiger partial charge < -0.3 is 14.2 Å². The molecular formula is C19H23NO5S. The van der Waals surface area contributed by atoms with Crippen LogP contribution in [0.2, 0.25) is 0 Å². The summed E-state index contributed by atoms with van der Waals surface area (Å²) in [5.41, 5.74) is 1.58. The second-order valence-corrected chi connectivity index (χ2v) is 8.26. The minimum atomic E-state index is -3.67. The van der Waals surface area contributed by atoms with Crippen molar-refractivity contribution in [1.82, 2.24) is 4.72 Å². The van der Waals surface area contributed by atoms with Crippen molar-refractivity contribution >= 4 is 10.0 Å². The number of nitrogens with one attached hydrogen (secondary N) is 1. The van der Waals surface area contributed by atoms with Crippen LogP contribution >= 0.6 is 0 Å². The zero-order valence-corrected chi connectivity index (χ0v) is 16.1. The molecule has 0 fully saturated rings. The molecule has 1 atom stereocenters. The molecule has 0 saturated heterocycles. The van der Waals surface area contributed by atoms with E-state index in [-0.39, 0.29) is 17.8 Å². The largest absolute Gasteiger partial charge is 0.491 e. The van der Waals surface area contributed by atoms with Gasteiger partial charge in [0.15, 0.2) is 11.5 Å². The van der Waals surface area contributed by atoms with Crippen molar-refractivity contribution in [3.63, 3.8) is 0 Å². The highest BCUT2D eigenvalue weighted by molar-refractivity contribution is 7.89. The third kappa shape index (κ3) is 3.94. The SMILES string of the molecule is Cc1cc(S(=O)(=O)NC(C)c2ccc3c(c2)OCO3)ccc1OC(C)C. The molecule has 0 radical (unpaired) electrons. The molecule has 0 aliphatic carbocycles. The summed E-state index contributed by atoms with van der Waals surface area (Å²) >= 11 is 0. The van der Waals surface area contributed by atoms with Crippen molar-refractivity contribution in [2.24, 2.45) is 0 Å². The molecule has 0 bridgehead atoms. The normalized spacial score (nSPS) is 14.5. The molecule has 6 nitrogen and oxygen atoms in total. The van der Waals surface area contributed by atoms with Crippen LogP contribution in [0.4, 0.5) is 0 Å². The summed E-state index contributed by atoms with van der Waals surface area (Å²) in [5.74, 6) is 1.97. The van der Waals surface area contributed by atoms with Crippen molar-refractivity contribution in [2.45, 2.75) is 44.7 Å². The summed E-state index contributed by atoms with van der Waals surface area (Å²) in [6.07, 6.45) is 0.0281. The predicted molar refractivity (Wildman–Crippen MR) is 98.2 cm³/mol. The van der Waals surface area contributed by atoms with E-state index in [9.17, 15) is 8.42 Å². The number of aryl methyl sites for hydroxylation is 1. The highest BCUT2D eigenvalue weighted by atomic mass is 32.2. The van der Waals surface area contributed by atoms with Crippen LogP contribution in [0.1, 0.15) is 37.9 Å². The third-order valence-corrected chi connectivity index (χ3v) is 5.59. The summed E-state index contributed by atoms with van der Waals surface area (Å²) in [6.45, 7) is 7.66. The predicted octanol–water partition coefficient (Wildman–Crippen LogP) is 3.55. The monoisotopic (exact) mass is 377 g/mol. The van der Waals surface area contributed by atoms with Crippen LogP contribution in [0.25, 0.3) is 0 Å². The standard InChI is InChI=1S/C19H23NO5S/c1-12(2)25-17-8-6-16(9-13(17)3)26(21,22)20-14(4)15-5-7-18-19(10-15)24-11-23-18/h5-10,12,14,20H,11H2,1-4H3. The number of hydrogen-bond acceptors (Lipinski definition) is 5. The van der Waals surface area contributed by atoms with E-state index in [2.05, 4.69) is 4.72 Å². The van der Waals surface area contributed by atoms with Gasteiger partial charge in [-0.3, -0.25) is 0 Å². The average molecular weight is 377 g/mol. The van der Waals surface area contributed by atoms with Gasteiger partial charge in [-0.05, 0) is 69.2 Å². The van der Waals surface area contributed by atoms with E-state index in [1.807, 2.05) is 26.8 Å². The Morgan fingerprint density at radius 2 is 1.77 bits per heavy atom. The Kier molecular flexibility index (Phi) is 5.11. The molecule has 26 heavy (non-hydrogen) atoms. The van der Waals surface area contributed by atoms with Crippen LogP contribution in [-0.2, 0) is 10.0 Å². The van der Waals surface area contributed by atoms with Crippen LogP contribution in [0.15, 0.2) is 41.3 Å². The summed E-state index contributed by atoms with van der Waals surface area (Å²) in [7, 11) is -3.67. The van der Waals surface area contributed by atoms with Crippen LogP contribution in [0.3, 0.4) is 0 Å². The van der Waals surface area contributed by atoms with Gasteiger partial charge >= 0.3 is 0 Å². The second-order valence-electron chi connectivity index (χ2n) is 6.55. The fourth-order valence-electron chi connectivity index (χ4n) is 2.73. The maximum absolute atomic E-state index is 12.7. The molecule has 1 N–H and O–H groups in total. The van der Waals surface area contributed by atoms with Crippen LogP contribution in [0, 0.1) is 6.92 Å². The molecule has 1 unspecified atom stereocenters. The Bertz CT molecular complexity index is 908. The Hall–Kier alpha value is -2.25. The van der Waals surface area contributed by atoms with Gasteiger partial charge in [-0.1, -0.05) is 6.07 Å². The Balaban J connectivity index is 1.79. The minimum absolute atomic E-state index is 0.0281. The van der Waals surface area contributed by atoms with Crippen LogP contribution < -0.4 is 18.9 Å². The quantitative estimate of drug-likeness (QED) is 0.833. The summed E-state index contributed by atoms with van der Waals surface area (Å²) in [4.78, 5) is 0.207. The first-order chi connectivity index (χ1) is 12.3. The topological polar surface area (TPSA) is 73.9 Å². The Morgan fingerprint density at radius 1 is 1.04 bits per heavy atom. The Morgan fingerprint density at radius 3 is 2.46 bits per heavy atom. The first-order valence-corrected chi connectivity index (χ1v) is 9.94. The number of benzene rings is 2. The van der Waals surface area contributed by atoms with Gasteiger partial charge in [-0.15, -0.1) is 0 Å². The molecule has 140 valence electrons. The second kappa shape index (κ2) is 7.17. The lowest BCUT2D eigenvalue weighted by Crippen LogP contribution is -2.27. The minimum Gasteiger partial charge on any atom is -0.491 e. The van der Waals surface area contributed by atoms with Gasteiger partial charge in [0.2, 0.25) is 16.8 Å². The summed E-state index contributed by atoms with van der Waals surface area (Å²) in [6, 6.07) is 9.85.